The van der Waals surface area contributed by atoms with Gasteiger partial charge in [-0.05, 0) is 44.9 Å². The average Bonchev–Trinajstić information content (AvgIpc) is 2.47. The van der Waals surface area contributed by atoms with Gasteiger partial charge in [0.1, 0.15) is 5.69 Å². The Balaban J connectivity index is 1.97. The Kier molecular flexibility index (Phi) is 5.09. The molecule has 2 N–H and O–H groups in total. The van der Waals surface area contributed by atoms with Crippen LogP contribution in [-0.4, -0.2) is 42.1 Å². The Morgan fingerprint density at radius 1 is 1.40 bits per heavy atom. The van der Waals surface area contributed by atoms with E-state index in [0.717, 1.165) is 37.9 Å². The number of hydrogen-bond donors (Lipinski definition) is 1. The molecule has 0 aromatic carbocycles. The van der Waals surface area contributed by atoms with E-state index in [-0.39, 0.29) is 0 Å². The zero-order valence-corrected chi connectivity index (χ0v) is 12.2. The molecule has 1 aliphatic rings. The van der Waals surface area contributed by atoms with Crippen LogP contribution >= 0.6 is 0 Å². The Morgan fingerprint density at radius 2 is 2.10 bits per heavy atom. The Bertz CT molecular complexity index is 456. The van der Waals surface area contributed by atoms with Crippen LogP contribution in [0, 0.1) is 0 Å². The summed E-state index contributed by atoms with van der Waals surface area (Å²) < 4.78 is 4.70. The molecule has 1 saturated carbocycles. The highest BCUT2D eigenvalue weighted by molar-refractivity contribution is 5.87. The highest BCUT2D eigenvalue weighted by Crippen LogP contribution is 2.22. The van der Waals surface area contributed by atoms with Gasteiger partial charge in [-0.1, -0.05) is 6.07 Å². The fraction of sp³-hybridized carbons (Fsp3) is 0.600. The highest BCUT2D eigenvalue weighted by atomic mass is 16.5. The first-order chi connectivity index (χ1) is 9.60. The maximum absolute atomic E-state index is 11.5. The topological polar surface area (TPSA) is 68.5 Å². The van der Waals surface area contributed by atoms with E-state index in [2.05, 4.69) is 16.9 Å². The van der Waals surface area contributed by atoms with E-state index in [0.29, 0.717) is 17.8 Å². The van der Waals surface area contributed by atoms with Gasteiger partial charge in [0.2, 0.25) is 0 Å². The molecule has 110 valence electrons. The summed E-state index contributed by atoms with van der Waals surface area (Å²) in [5.41, 5.74) is 7.19. The number of carbonyl (C=O) groups excluding carboxylic acids is 1. The van der Waals surface area contributed by atoms with Gasteiger partial charge in [0, 0.05) is 18.6 Å². The summed E-state index contributed by atoms with van der Waals surface area (Å²) in [6.07, 6.45) is 4.44. The number of methoxy groups -OCH3 is 1. The summed E-state index contributed by atoms with van der Waals surface area (Å²) in [6.45, 7) is 0.741. The number of nitrogens with zero attached hydrogens (tertiary/aromatic N) is 2. The molecule has 0 spiro atoms. The van der Waals surface area contributed by atoms with Crippen LogP contribution in [0.4, 0.5) is 0 Å². The third kappa shape index (κ3) is 3.77. The van der Waals surface area contributed by atoms with Crippen LogP contribution in [0.2, 0.25) is 0 Å². The maximum atomic E-state index is 11.5. The number of aromatic nitrogens is 1. The van der Waals surface area contributed by atoms with Crippen molar-refractivity contribution in [1.82, 2.24) is 9.88 Å². The minimum atomic E-state index is -0.391. The van der Waals surface area contributed by atoms with E-state index in [1.807, 2.05) is 12.1 Å². The third-order valence-electron chi connectivity index (χ3n) is 3.98. The minimum absolute atomic E-state index is 0.362. The largest absolute Gasteiger partial charge is 0.464 e. The van der Waals surface area contributed by atoms with Crippen LogP contribution in [0.1, 0.15) is 41.9 Å². The predicted octanol–water partition coefficient (Wildman–Crippen LogP) is 1.57. The summed E-state index contributed by atoms with van der Waals surface area (Å²) in [7, 11) is 3.47. The van der Waals surface area contributed by atoms with Gasteiger partial charge < -0.3 is 10.5 Å². The Hall–Kier alpha value is -1.46. The lowest BCUT2D eigenvalue weighted by molar-refractivity contribution is 0.0593. The van der Waals surface area contributed by atoms with E-state index in [9.17, 15) is 4.79 Å². The lowest BCUT2D eigenvalue weighted by atomic mass is 9.91. The molecule has 1 fully saturated rings. The molecule has 5 nitrogen and oxygen atoms in total. The molecule has 1 aromatic rings. The van der Waals surface area contributed by atoms with Crippen molar-refractivity contribution in [2.75, 3.05) is 14.2 Å². The average molecular weight is 277 g/mol. The number of esters is 1. The zero-order valence-electron chi connectivity index (χ0n) is 12.2. The number of nitrogens with two attached hydrogens (primary N) is 1. The highest BCUT2D eigenvalue weighted by Gasteiger charge is 2.22. The number of rotatable bonds is 4. The fourth-order valence-electron chi connectivity index (χ4n) is 2.71. The van der Waals surface area contributed by atoms with E-state index >= 15 is 0 Å². The van der Waals surface area contributed by atoms with E-state index in [1.165, 1.54) is 7.11 Å². The second-order valence-corrected chi connectivity index (χ2v) is 5.49. The second-order valence-electron chi connectivity index (χ2n) is 5.49. The van der Waals surface area contributed by atoms with Crippen LogP contribution < -0.4 is 5.73 Å². The lowest BCUT2D eigenvalue weighted by Gasteiger charge is -2.33. The smallest absolute Gasteiger partial charge is 0.356 e. The molecule has 1 aliphatic carbocycles. The first-order valence-corrected chi connectivity index (χ1v) is 7.10. The normalized spacial score (nSPS) is 22.8. The van der Waals surface area contributed by atoms with Gasteiger partial charge in [0.25, 0.3) is 0 Å². The molecule has 0 radical (unpaired) electrons. The van der Waals surface area contributed by atoms with Crippen molar-refractivity contribution in [3.63, 3.8) is 0 Å². The van der Waals surface area contributed by atoms with Crippen LogP contribution in [0.15, 0.2) is 18.2 Å². The Labute approximate surface area is 120 Å². The molecule has 0 aliphatic heterocycles. The summed E-state index contributed by atoms with van der Waals surface area (Å²) in [4.78, 5) is 18.1. The van der Waals surface area contributed by atoms with Crippen LogP contribution in [-0.2, 0) is 11.3 Å². The quantitative estimate of drug-likeness (QED) is 0.846. The van der Waals surface area contributed by atoms with Crippen molar-refractivity contribution < 1.29 is 9.53 Å². The van der Waals surface area contributed by atoms with Gasteiger partial charge in [-0.25, -0.2) is 9.78 Å². The maximum Gasteiger partial charge on any atom is 0.356 e. The SMILES string of the molecule is COC(=O)c1cccc(CN(C)C2CCC(N)CC2)n1. The van der Waals surface area contributed by atoms with Crippen molar-refractivity contribution in [1.29, 1.82) is 0 Å². The van der Waals surface area contributed by atoms with Gasteiger partial charge >= 0.3 is 5.97 Å². The van der Waals surface area contributed by atoms with Gasteiger partial charge in [0.05, 0.1) is 12.8 Å². The standard InChI is InChI=1S/C15H23N3O2/c1-18(13-8-6-11(16)7-9-13)10-12-4-3-5-14(17-12)15(19)20-2/h3-5,11,13H,6-10,16H2,1-2H3. The van der Waals surface area contributed by atoms with E-state index < -0.39 is 5.97 Å². The van der Waals surface area contributed by atoms with Crippen molar-refractivity contribution >= 4 is 5.97 Å². The molecule has 0 bridgehead atoms. The first kappa shape index (κ1) is 14.9. The molecule has 5 heteroatoms. The van der Waals surface area contributed by atoms with Crippen molar-refractivity contribution in [2.24, 2.45) is 5.73 Å². The van der Waals surface area contributed by atoms with Crippen molar-refractivity contribution in [3.8, 4) is 0 Å². The van der Waals surface area contributed by atoms with Gasteiger partial charge in [-0.3, -0.25) is 4.90 Å². The Morgan fingerprint density at radius 3 is 2.75 bits per heavy atom. The molecule has 2 rings (SSSR count). The minimum Gasteiger partial charge on any atom is -0.464 e. The molecule has 0 saturated heterocycles. The monoisotopic (exact) mass is 277 g/mol. The van der Waals surface area contributed by atoms with Crippen LogP contribution in [0.25, 0.3) is 0 Å². The number of ether oxygens (including phenoxy) is 1. The van der Waals surface area contributed by atoms with Crippen molar-refractivity contribution in [2.45, 2.75) is 44.3 Å². The van der Waals surface area contributed by atoms with Crippen molar-refractivity contribution in [3.05, 3.63) is 29.6 Å². The summed E-state index contributed by atoms with van der Waals surface area (Å²) in [6, 6.07) is 6.38. The van der Waals surface area contributed by atoms with Crippen LogP contribution in [0.5, 0.6) is 0 Å². The summed E-state index contributed by atoms with van der Waals surface area (Å²) in [5.74, 6) is -0.391. The lowest BCUT2D eigenvalue weighted by Crippen LogP contribution is -2.38. The molecule has 20 heavy (non-hydrogen) atoms. The first-order valence-electron chi connectivity index (χ1n) is 7.10. The molecule has 0 amide bonds. The van der Waals surface area contributed by atoms with E-state index in [4.69, 9.17) is 10.5 Å². The fourth-order valence-corrected chi connectivity index (χ4v) is 2.71. The number of pyridine rings is 1. The summed E-state index contributed by atoms with van der Waals surface area (Å²) in [5, 5.41) is 0. The third-order valence-corrected chi connectivity index (χ3v) is 3.98. The molecule has 0 unspecified atom stereocenters. The van der Waals surface area contributed by atoms with Gasteiger partial charge in [-0.15, -0.1) is 0 Å². The van der Waals surface area contributed by atoms with Gasteiger partial charge in [0.15, 0.2) is 0 Å². The molecular formula is C15H23N3O2. The van der Waals surface area contributed by atoms with E-state index in [1.54, 1.807) is 6.07 Å². The predicted molar refractivity (Wildman–Crippen MR) is 77.3 cm³/mol. The van der Waals surface area contributed by atoms with Crippen LogP contribution in [0.3, 0.4) is 0 Å². The number of carbonyl (C=O) groups is 1. The second kappa shape index (κ2) is 6.81. The molecule has 0 atom stereocenters. The molecule has 1 heterocycles. The zero-order chi connectivity index (χ0) is 14.5. The molecular weight excluding hydrogens is 254 g/mol. The van der Waals surface area contributed by atoms with Gasteiger partial charge in [-0.2, -0.15) is 0 Å². The summed E-state index contributed by atoms with van der Waals surface area (Å²) >= 11 is 0. The number of hydrogen-bond acceptors (Lipinski definition) is 5. The molecule has 1 aromatic heterocycles.